The van der Waals surface area contributed by atoms with Gasteiger partial charge in [0.05, 0.1) is 9.77 Å². The molecule has 128 valence electrons. The summed E-state index contributed by atoms with van der Waals surface area (Å²) in [5.41, 5.74) is 0.977. The van der Waals surface area contributed by atoms with E-state index >= 15 is 0 Å². The number of pyridine rings is 1. The summed E-state index contributed by atoms with van der Waals surface area (Å²) in [6.07, 6.45) is 1.64. The number of sulfone groups is 1. The van der Waals surface area contributed by atoms with E-state index in [2.05, 4.69) is 10.3 Å². The lowest BCUT2D eigenvalue weighted by Gasteiger charge is -2.03. The molecule has 8 heteroatoms. The quantitative estimate of drug-likeness (QED) is 0.722. The van der Waals surface area contributed by atoms with E-state index in [0.29, 0.717) is 10.8 Å². The van der Waals surface area contributed by atoms with Crippen LogP contribution in [0.4, 0.5) is 5.82 Å². The number of aryl methyl sites for hydroxylation is 1. The summed E-state index contributed by atoms with van der Waals surface area (Å²) in [4.78, 5) is 16.8. The summed E-state index contributed by atoms with van der Waals surface area (Å²) in [7, 11) is -3.68. The predicted molar refractivity (Wildman–Crippen MR) is 98.2 cm³/mol. The lowest BCUT2D eigenvalue weighted by Crippen LogP contribution is -2.11. The van der Waals surface area contributed by atoms with E-state index in [4.69, 9.17) is 11.6 Å². The maximum atomic E-state index is 12.6. The summed E-state index contributed by atoms with van der Waals surface area (Å²) < 4.78 is 25.3. The number of nitrogens with zero attached hydrogens (tertiary/aromatic N) is 1. The lowest BCUT2D eigenvalue weighted by molar-refractivity contribution is 0.103. The van der Waals surface area contributed by atoms with E-state index < -0.39 is 15.7 Å². The number of anilines is 1. The van der Waals surface area contributed by atoms with E-state index in [1.807, 2.05) is 13.0 Å². The Morgan fingerprint density at radius 1 is 1.08 bits per heavy atom. The molecule has 3 aromatic rings. The maximum absolute atomic E-state index is 12.6. The van der Waals surface area contributed by atoms with Crippen LogP contribution in [0, 0.1) is 6.92 Å². The first-order valence-electron chi connectivity index (χ1n) is 7.21. The summed E-state index contributed by atoms with van der Waals surface area (Å²) >= 11 is 6.70. The van der Waals surface area contributed by atoms with Gasteiger partial charge in [-0.1, -0.05) is 17.7 Å². The van der Waals surface area contributed by atoms with Crippen molar-refractivity contribution in [1.82, 2.24) is 4.98 Å². The van der Waals surface area contributed by atoms with E-state index in [9.17, 15) is 13.2 Å². The normalized spacial score (nSPS) is 11.3. The Balaban J connectivity index is 1.82. The van der Waals surface area contributed by atoms with Crippen molar-refractivity contribution < 1.29 is 13.2 Å². The molecule has 0 aliphatic rings. The molecule has 1 aromatic carbocycles. The Kier molecular flexibility index (Phi) is 4.89. The number of rotatable bonds is 4. The molecule has 2 heterocycles. The van der Waals surface area contributed by atoms with Crippen LogP contribution >= 0.6 is 22.9 Å². The van der Waals surface area contributed by atoms with Gasteiger partial charge in [-0.3, -0.25) is 4.79 Å². The largest absolute Gasteiger partial charge is 0.306 e. The van der Waals surface area contributed by atoms with Crippen LogP contribution in [0.3, 0.4) is 0 Å². The first-order chi connectivity index (χ1) is 11.9. The molecule has 3 rings (SSSR count). The van der Waals surface area contributed by atoms with Gasteiger partial charge in [-0.15, -0.1) is 11.3 Å². The van der Waals surface area contributed by atoms with Crippen molar-refractivity contribution in [3.8, 4) is 0 Å². The molecule has 0 atom stereocenters. The predicted octanol–water partition coefficient (Wildman–Crippen LogP) is 4.19. The minimum atomic E-state index is -3.68. The number of hydrogen-bond donors (Lipinski definition) is 1. The highest BCUT2D eigenvalue weighted by Crippen LogP contribution is 2.29. The van der Waals surface area contributed by atoms with Gasteiger partial charge >= 0.3 is 0 Å². The monoisotopic (exact) mass is 392 g/mol. The molecular formula is C17H13ClN2O3S2. The van der Waals surface area contributed by atoms with Gasteiger partial charge in [0.25, 0.3) is 5.91 Å². The van der Waals surface area contributed by atoms with E-state index in [0.717, 1.165) is 16.9 Å². The summed E-state index contributed by atoms with van der Waals surface area (Å²) in [6.45, 7) is 1.89. The molecule has 0 aliphatic heterocycles. The molecule has 0 unspecified atom stereocenters. The maximum Gasteiger partial charge on any atom is 0.266 e. The average molecular weight is 393 g/mol. The van der Waals surface area contributed by atoms with Crippen LogP contribution in [-0.4, -0.2) is 19.3 Å². The fourth-order valence-corrected chi connectivity index (χ4v) is 4.77. The molecule has 0 saturated heterocycles. The summed E-state index contributed by atoms with van der Waals surface area (Å²) in [5.74, 6) is 0.00465. The number of benzene rings is 1. The van der Waals surface area contributed by atoms with Gasteiger partial charge in [0.15, 0.2) is 0 Å². The van der Waals surface area contributed by atoms with Crippen LogP contribution in [0.25, 0.3) is 0 Å². The zero-order chi connectivity index (χ0) is 18.0. The third-order valence-electron chi connectivity index (χ3n) is 3.35. The van der Waals surface area contributed by atoms with Gasteiger partial charge < -0.3 is 5.32 Å². The minimum Gasteiger partial charge on any atom is -0.306 e. The Morgan fingerprint density at radius 3 is 2.44 bits per heavy atom. The van der Waals surface area contributed by atoms with E-state index in [-0.39, 0.29) is 14.0 Å². The van der Waals surface area contributed by atoms with Crippen molar-refractivity contribution in [1.29, 1.82) is 0 Å². The number of hydrogen-bond acceptors (Lipinski definition) is 5. The molecule has 2 aromatic heterocycles. The van der Waals surface area contributed by atoms with E-state index in [1.54, 1.807) is 12.3 Å². The molecule has 1 amide bonds. The third-order valence-corrected chi connectivity index (χ3v) is 6.94. The van der Waals surface area contributed by atoms with Crippen molar-refractivity contribution in [3.05, 3.63) is 70.2 Å². The van der Waals surface area contributed by atoms with Crippen molar-refractivity contribution in [2.24, 2.45) is 0 Å². The highest BCUT2D eigenvalue weighted by Gasteiger charge is 2.21. The lowest BCUT2D eigenvalue weighted by atomic mass is 10.3. The summed E-state index contributed by atoms with van der Waals surface area (Å²) in [5, 5.41) is 3.10. The molecule has 0 bridgehead atoms. The molecule has 5 nitrogen and oxygen atoms in total. The molecule has 0 radical (unpaired) electrons. The van der Waals surface area contributed by atoms with Crippen LogP contribution in [0.1, 0.15) is 15.2 Å². The molecule has 0 aliphatic carbocycles. The number of aromatic nitrogens is 1. The Hall–Kier alpha value is -2.22. The highest BCUT2D eigenvalue weighted by molar-refractivity contribution is 7.93. The molecule has 0 fully saturated rings. The Bertz CT molecular complexity index is 1010. The molecule has 1 N–H and O–H groups in total. The van der Waals surface area contributed by atoms with Crippen molar-refractivity contribution in [2.45, 2.75) is 16.0 Å². The van der Waals surface area contributed by atoms with Crippen LogP contribution in [0.15, 0.2) is 63.8 Å². The first kappa shape index (κ1) is 17.6. The van der Waals surface area contributed by atoms with Crippen molar-refractivity contribution in [3.63, 3.8) is 0 Å². The zero-order valence-electron chi connectivity index (χ0n) is 13.1. The zero-order valence-corrected chi connectivity index (χ0v) is 15.5. The van der Waals surface area contributed by atoms with Crippen LogP contribution in [0.5, 0.6) is 0 Å². The van der Waals surface area contributed by atoms with Crippen LogP contribution in [-0.2, 0) is 9.84 Å². The van der Waals surface area contributed by atoms with Gasteiger partial charge in [0, 0.05) is 11.2 Å². The minimum absolute atomic E-state index is 0.0943. The fourth-order valence-electron chi connectivity index (χ4n) is 2.04. The second-order valence-corrected chi connectivity index (χ2v) is 8.95. The number of halogens is 1. The second-order valence-electron chi connectivity index (χ2n) is 5.25. The number of carbonyl (C=O) groups excluding carboxylic acids is 1. The molecular weight excluding hydrogens is 380 g/mol. The molecule has 0 spiro atoms. The van der Waals surface area contributed by atoms with Gasteiger partial charge in [-0.05, 0) is 55.0 Å². The third kappa shape index (κ3) is 3.89. The van der Waals surface area contributed by atoms with E-state index in [1.165, 1.54) is 36.4 Å². The van der Waals surface area contributed by atoms with Gasteiger partial charge in [-0.25, -0.2) is 13.4 Å². The Morgan fingerprint density at radius 2 is 1.80 bits per heavy atom. The van der Waals surface area contributed by atoms with Crippen molar-refractivity contribution >= 4 is 44.5 Å². The second kappa shape index (κ2) is 6.95. The van der Waals surface area contributed by atoms with Gasteiger partial charge in [0.1, 0.15) is 10.0 Å². The van der Waals surface area contributed by atoms with Crippen LogP contribution < -0.4 is 5.32 Å². The highest BCUT2D eigenvalue weighted by atomic mass is 35.5. The fraction of sp³-hybridized carbons (Fsp3) is 0.0588. The topological polar surface area (TPSA) is 76.1 Å². The summed E-state index contributed by atoms with van der Waals surface area (Å²) in [6, 6.07) is 12.3. The molecule has 25 heavy (non-hydrogen) atoms. The van der Waals surface area contributed by atoms with Gasteiger partial charge in [-0.2, -0.15) is 0 Å². The first-order valence-corrected chi connectivity index (χ1v) is 9.88. The number of nitrogens with one attached hydrogen (secondary N) is 1. The number of thiophene rings is 1. The number of amides is 1. The SMILES string of the molecule is Cc1ccc(NC(=O)c2ccc(S(=O)(=O)c3ccc(Cl)cc3)s2)nc1. The standard InChI is InChI=1S/C17H13ClN2O3S2/c1-11-2-8-15(19-10-11)20-17(21)14-7-9-16(24-14)25(22,23)13-5-3-12(18)4-6-13/h2-10H,1H3,(H,19,20,21). The van der Waals surface area contributed by atoms with Gasteiger partial charge in [0.2, 0.25) is 9.84 Å². The Labute approximate surface area is 154 Å². The smallest absolute Gasteiger partial charge is 0.266 e. The average Bonchev–Trinajstić information content (AvgIpc) is 3.08. The number of carbonyl (C=O) groups is 1. The van der Waals surface area contributed by atoms with Crippen LogP contribution in [0.2, 0.25) is 5.02 Å². The van der Waals surface area contributed by atoms with Crippen molar-refractivity contribution in [2.75, 3.05) is 5.32 Å². The molecule has 0 saturated carbocycles.